The average molecular weight is 304 g/mol. The summed E-state index contributed by atoms with van der Waals surface area (Å²) in [6.07, 6.45) is 1.53. The first kappa shape index (κ1) is 17.2. The van der Waals surface area contributed by atoms with Crippen LogP contribution in [0, 0.1) is 5.92 Å². The van der Waals surface area contributed by atoms with Crippen LogP contribution in [0.4, 0.5) is 0 Å². The molecule has 0 saturated carbocycles. The highest BCUT2D eigenvalue weighted by Gasteiger charge is 2.17. The topological polar surface area (TPSA) is 80.6 Å². The Morgan fingerprint density at radius 1 is 1.45 bits per heavy atom. The first-order chi connectivity index (χ1) is 9.40. The minimum Gasteiger partial charge on any atom is -0.390 e. The van der Waals surface area contributed by atoms with E-state index in [1.54, 1.807) is 4.57 Å². The van der Waals surface area contributed by atoms with Gasteiger partial charge in [0.05, 0.1) is 18.1 Å². The minimum absolute atomic E-state index is 0.173. The molecule has 0 spiro atoms. The molecule has 0 bridgehead atoms. The molecular weight excluding hydrogens is 280 g/mol. The third-order valence-corrected chi connectivity index (χ3v) is 4.19. The van der Waals surface area contributed by atoms with Gasteiger partial charge in [0.1, 0.15) is 0 Å². The van der Waals surface area contributed by atoms with E-state index >= 15 is 0 Å². The van der Waals surface area contributed by atoms with Crippen LogP contribution >= 0.6 is 0 Å². The number of hydrogen-bond donors (Lipinski definition) is 2. The second kappa shape index (κ2) is 7.78. The van der Waals surface area contributed by atoms with Crippen molar-refractivity contribution >= 4 is 10.0 Å². The van der Waals surface area contributed by atoms with E-state index in [1.165, 1.54) is 12.3 Å². The van der Waals surface area contributed by atoms with Crippen LogP contribution in [-0.2, 0) is 27.9 Å². The summed E-state index contributed by atoms with van der Waals surface area (Å²) in [4.78, 5) is 0.173. The molecule has 0 aromatic carbocycles. The number of nitrogens with zero attached hydrogens (tertiary/aromatic N) is 1. The zero-order chi connectivity index (χ0) is 15.2. The molecule has 6 nitrogen and oxygen atoms in total. The first-order valence-corrected chi connectivity index (χ1v) is 8.26. The highest BCUT2D eigenvalue weighted by atomic mass is 32.2. The lowest BCUT2D eigenvalue weighted by molar-refractivity contribution is 0.114. The van der Waals surface area contributed by atoms with Crippen LogP contribution in [0.15, 0.2) is 17.2 Å². The van der Waals surface area contributed by atoms with Gasteiger partial charge in [0.25, 0.3) is 0 Å². The summed E-state index contributed by atoms with van der Waals surface area (Å²) < 4.78 is 33.7. The van der Waals surface area contributed by atoms with Crippen LogP contribution in [-0.4, -0.2) is 37.8 Å². The van der Waals surface area contributed by atoms with Crippen molar-refractivity contribution in [2.75, 3.05) is 19.8 Å². The molecule has 116 valence electrons. The number of nitrogens with one attached hydrogen (secondary N) is 1. The molecular formula is C13H24N2O4S. The predicted octanol–water partition coefficient (Wildman–Crippen LogP) is 0.951. The summed E-state index contributed by atoms with van der Waals surface area (Å²) in [5, 5.41) is 9.17. The van der Waals surface area contributed by atoms with Gasteiger partial charge in [-0.2, -0.15) is 0 Å². The van der Waals surface area contributed by atoms with E-state index in [1.807, 2.05) is 20.8 Å². The maximum absolute atomic E-state index is 12.1. The number of hydrogen-bond acceptors (Lipinski definition) is 4. The first-order valence-electron chi connectivity index (χ1n) is 6.78. The predicted molar refractivity (Wildman–Crippen MR) is 76.9 cm³/mol. The molecule has 0 amide bonds. The molecule has 2 N–H and O–H groups in total. The summed E-state index contributed by atoms with van der Waals surface area (Å²) >= 11 is 0. The number of rotatable bonds is 9. The fourth-order valence-corrected chi connectivity index (χ4v) is 2.83. The van der Waals surface area contributed by atoms with E-state index < -0.39 is 10.0 Å². The SMILES string of the molecule is CCn1cc(S(=O)(=O)NCCOCC(C)C)cc1CO. The van der Waals surface area contributed by atoms with Crippen molar-refractivity contribution in [2.45, 2.75) is 38.8 Å². The van der Waals surface area contributed by atoms with Crippen molar-refractivity contribution in [2.24, 2.45) is 5.92 Å². The van der Waals surface area contributed by atoms with Gasteiger partial charge in [0.2, 0.25) is 10.0 Å². The van der Waals surface area contributed by atoms with Crippen molar-refractivity contribution in [3.05, 3.63) is 18.0 Å². The normalized spacial score (nSPS) is 12.2. The van der Waals surface area contributed by atoms with Gasteiger partial charge in [-0.15, -0.1) is 0 Å². The molecule has 0 fully saturated rings. The monoisotopic (exact) mass is 304 g/mol. The number of aliphatic hydroxyl groups is 1. The van der Waals surface area contributed by atoms with Gasteiger partial charge < -0.3 is 14.4 Å². The number of sulfonamides is 1. The Labute approximate surface area is 120 Å². The molecule has 7 heteroatoms. The van der Waals surface area contributed by atoms with Crippen molar-refractivity contribution < 1.29 is 18.3 Å². The number of aromatic nitrogens is 1. The van der Waals surface area contributed by atoms with Gasteiger partial charge in [-0.1, -0.05) is 13.8 Å². The van der Waals surface area contributed by atoms with E-state index in [0.717, 1.165) is 0 Å². The zero-order valence-electron chi connectivity index (χ0n) is 12.3. The van der Waals surface area contributed by atoms with Gasteiger partial charge in [0, 0.05) is 31.6 Å². The van der Waals surface area contributed by atoms with E-state index in [9.17, 15) is 13.5 Å². The summed E-state index contributed by atoms with van der Waals surface area (Å²) in [5.41, 5.74) is 0.587. The molecule has 0 aliphatic rings. The third kappa shape index (κ3) is 4.90. The molecule has 0 radical (unpaired) electrons. The molecule has 1 aromatic rings. The Kier molecular flexibility index (Phi) is 6.67. The average Bonchev–Trinajstić information content (AvgIpc) is 2.81. The maximum atomic E-state index is 12.1. The third-order valence-electron chi connectivity index (χ3n) is 2.76. The second-order valence-electron chi connectivity index (χ2n) is 4.98. The Bertz CT molecular complexity index is 487. The second-order valence-corrected chi connectivity index (χ2v) is 6.74. The van der Waals surface area contributed by atoms with Crippen LogP contribution in [0.3, 0.4) is 0 Å². The highest BCUT2D eigenvalue weighted by molar-refractivity contribution is 7.89. The number of aryl methyl sites for hydroxylation is 1. The molecule has 1 rings (SSSR count). The Balaban J connectivity index is 2.58. The smallest absolute Gasteiger partial charge is 0.242 e. The van der Waals surface area contributed by atoms with E-state index in [4.69, 9.17) is 4.74 Å². The van der Waals surface area contributed by atoms with Crippen LogP contribution in [0.25, 0.3) is 0 Å². The van der Waals surface area contributed by atoms with E-state index in [2.05, 4.69) is 4.72 Å². The zero-order valence-corrected chi connectivity index (χ0v) is 13.1. The molecule has 1 heterocycles. The minimum atomic E-state index is -3.54. The highest BCUT2D eigenvalue weighted by Crippen LogP contribution is 2.14. The fourth-order valence-electron chi connectivity index (χ4n) is 1.75. The summed E-state index contributed by atoms with van der Waals surface area (Å²) in [6.45, 7) is 7.59. The molecule has 0 unspecified atom stereocenters. The van der Waals surface area contributed by atoms with Crippen molar-refractivity contribution in [1.82, 2.24) is 9.29 Å². The van der Waals surface area contributed by atoms with E-state index in [-0.39, 0.29) is 18.0 Å². The number of aliphatic hydroxyl groups excluding tert-OH is 1. The summed E-state index contributed by atoms with van der Waals surface area (Å²) in [7, 11) is -3.54. The summed E-state index contributed by atoms with van der Waals surface area (Å²) in [6, 6.07) is 1.49. The lowest BCUT2D eigenvalue weighted by Crippen LogP contribution is -2.27. The van der Waals surface area contributed by atoms with Gasteiger partial charge in [-0.25, -0.2) is 13.1 Å². The fraction of sp³-hybridized carbons (Fsp3) is 0.692. The Morgan fingerprint density at radius 3 is 2.65 bits per heavy atom. The van der Waals surface area contributed by atoms with Crippen molar-refractivity contribution in [3.8, 4) is 0 Å². The molecule has 0 atom stereocenters. The number of ether oxygens (including phenoxy) is 1. The van der Waals surface area contributed by atoms with Gasteiger partial charge in [0.15, 0.2) is 0 Å². The van der Waals surface area contributed by atoms with E-state index in [0.29, 0.717) is 31.4 Å². The Morgan fingerprint density at radius 2 is 2.15 bits per heavy atom. The lowest BCUT2D eigenvalue weighted by Gasteiger charge is -2.08. The van der Waals surface area contributed by atoms with Crippen molar-refractivity contribution in [1.29, 1.82) is 0 Å². The van der Waals surface area contributed by atoms with Crippen LogP contribution in [0.1, 0.15) is 26.5 Å². The van der Waals surface area contributed by atoms with Crippen LogP contribution < -0.4 is 4.72 Å². The van der Waals surface area contributed by atoms with Crippen LogP contribution in [0.5, 0.6) is 0 Å². The van der Waals surface area contributed by atoms with Gasteiger partial charge in [-0.3, -0.25) is 0 Å². The quantitative estimate of drug-likeness (QED) is 0.666. The lowest BCUT2D eigenvalue weighted by atomic mass is 10.2. The molecule has 1 aromatic heterocycles. The summed E-state index contributed by atoms with van der Waals surface area (Å²) in [5.74, 6) is 0.428. The van der Waals surface area contributed by atoms with Gasteiger partial charge in [-0.05, 0) is 18.9 Å². The molecule has 0 aliphatic carbocycles. The van der Waals surface area contributed by atoms with Gasteiger partial charge >= 0.3 is 0 Å². The maximum Gasteiger partial charge on any atom is 0.242 e. The van der Waals surface area contributed by atoms with Crippen LogP contribution in [0.2, 0.25) is 0 Å². The molecule has 0 aliphatic heterocycles. The van der Waals surface area contributed by atoms with Crippen molar-refractivity contribution in [3.63, 3.8) is 0 Å². The molecule has 20 heavy (non-hydrogen) atoms. The molecule has 0 saturated heterocycles. The Hall–Kier alpha value is -0.890. The largest absolute Gasteiger partial charge is 0.390 e. The standard InChI is InChI=1S/C13H24N2O4S/c1-4-15-8-13(7-12(15)9-16)20(17,18)14-5-6-19-10-11(2)3/h7-8,11,14,16H,4-6,9-10H2,1-3H3.